The molecule has 0 aromatic heterocycles. The van der Waals surface area contributed by atoms with Crippen molar-refractivity contribution in [1.82, 2.24) is 5.32 Å². The summed E-state index contributed by atoms with van der Waals surface area (Å²) in [7, 11) is 0. The van der Waals surface area contributed by atoms with E-state index in [1.54, 1.807) is 12.1 Å². The molecule has 1 aromatic carbocycles. The van der Waals surface area contributed by atoms with Gasteiger partial charge in [0.2, 0.25) is 0 Å². The van der Waals surface area contributed by atoms with Crippen molar-refractivity contribution in [2.45, 2.75) is 13.0 Å². The predicted octanol–water partition coefficient (Wildman–Crippen LogP) is 2.43. The fraction of sp³-hybridized carbons (Fsp3) is 0.222. The Hall–Kier alpha value is -0.960. The van der Waals surface area contributed by atoms with Gasteiger partial charge in [-0.05, 0) is 24.6 Å². The number of halogens is 1. The molecule has 0 saturated heterocycles. The summed E-state index contributed by atoms with van der Waals surface area (Å²) in [6, 6.07) is 6.51. The molecule has 0 aliphatic carbocycles. The predicted molar refractivity (Wildman–Crippen MR) is 51.6 cm³/mol. The van der Waals surface area contributed by atoms with E-state index in [-0.39, 0.29) is 11.9 Å². The van der Waals surface area contributed by atoms with Gasteiger partial charge in [-0.25, -0.2) is 4.39 Å². The highest BCUT2D eigenvalue weighted by molar-refractivity contribution is 7.78. The highest BCUT2D eigenvalue weighted by atomic mass is 32.1. The van der Waals surface area contributed by atoms with Crippen LogP contribution in [0.5, 0.6) is 0 Å². The number of hydrogen-bond acceptors (Lipinski definition) is 1. The summed E-state index contributed by atoms with van der Waals surface area (Å²) < 4.78 is 12.5. The molecule has 1 N–H and O–H groups in total. The van der Waals surface area contributed by atoms with Gasteiger partial charge in [0.05, 0.1) is 5.49 Å². The quantitative estimate of drug-likeness (QED) is 0.722. The average molecular weight is 183 g/mol. The second-order valence-corrected chi connectivity index (χ2v) is 2.79. The van der Waals surface area contributed by atoms with E-state index in [0.29, 0.717) is 0 Å². The first-order chi connectivity index (χ1) is 5.74. The second-order valence-electron chi connectivity index (χ2n) is 2.56. The highest BCUT2D eigenvalue weighted by Gasteiger charge is 2.01. The standard InChI is InChI=1S/C9H10FNS/c1-7(11-6-12)8-2-4-9(10)5-3-8/h2-7H,1H3,(H,11,12). The van der Waals surface area contributed by atoms with Crippen molar-refractivity contribution in [1.29, 1.82) is 0 Å². The Balaban J connectivity index is 2.74. The zero-order chi connectivity index (χ0) is 8.97. The first-order valence-electron chi connectivity index (χ1n) is 3.69. The zero-order valence-electron chi connectivity index (χ0n) is 6.75. The van der Waals surface area contributed by atoms with Gasteiger partial charge < -0.3 is 5.32 Å². The van der Waals surface area contributed by atoms with Gasteiger partial charge in [-0.1, -0.05) is 24.4 Å². The van der Waals surface area contributed by atoms with E-state index < -0.39 is 0 Å². The first kappa shape index (κ1) is 9.13. The Morgan fingerprint density at radius 3 is 2.50 bits per heavy atom. The van der Waals surface area contributed by atoms with Crippen LogP contribution in [0.25, 0.3) is 0 Å². The highest BCUT2D eigenvalue weighted by Crippen LogP contribution is 2.11. The molecule has 0 saturated carbocycles. The van der Waals surface area contributed by atoms with E-state index in [0.717, 1.165) is 5.56 Å². The topological polar surface area (TPSA) is 12.0 Å². The lowest BCUT2D eigenvalue weighted by molar-refractivity contribution is 0.624. The summed E-state index contributed by atoms with van der Waals surface area (Å²) in [5, 5.41) is 2.95. The van der Waals surface area contributed by atoms with Crippen LogP contribution < -0.4 is 5.32 Å². The molecule has 0 fully saturated rings. The second kappa shape index (κ2) is 4.16. The van der Waals surface area contributed by atoms with E-state index >= 15 is 0 Å². The maximum Gasteiger partial charge on any atom is 0.123 e. The largest absolute Gasteiger partial charge is 0.376 e. The van der Waals surface area contributed by atoms with Crippen LogP contribution in [0.15, 0.2) is 24.3 Å². The van der Waals surface area contributed by atoms with Gasteiger partial charge in [-0.3, -0.25) is 0 Å². The van der Waals surface area contributed by atoms with Crippen LogP contribution in [0.3, 0.4) is 0 Å². The van der Waals surface area contributed by atoms with E-state index in [2.05, 4.69) is 17.5 Å². The lowest BCUT2D eigenvalue weighted by Gasteiger charge is -2.10. The van der Waals surface area contributed by atoms with Crippen LogP contribution >= 0.6 is 12.2 Å². The number of nitrogens with one attached hydrogen (secondary N) is 1. The number of rotatable bonds is 3. The summed E-state index contributed by atoms with van der Waals surface area (Å²) in [5.74, 6) is -0.215. The SMILES string of the molecule is CC(NC=S)c1ccc(F)cc1. The van der Waals surface area contributed by atoms with E-state index in [1.807, 2.05) is 6.92 Å². The molecular formula is C9H10FNS. The molecule has 64 valence electrons. The third kappa shape index (κ3) is 2.27. The van der Waals surface area contributed by atoms with Crippen molar-refractivity contribution < 1.29 is 4.39 Å². The smallest absolute Gasteiger partial charge is 0.123 e. The molecule has 0 bridgehead atoms. The molecule has 0 spiro atoms. The first-order valence-corrected chi connectivity index (χ1v) is 4.16. The molecule has 1 rings (SSSR count). The Kier molecular flexibility index (Phi) is 3.17. The van der Waals surface area contributed by atoms with Crippen molar-refractivity contribution in [2.75, 3.05) is 0 Å². The van der Waals surface area contributed by atoms with Crippen LogP contribution in [0, 0.1) is 5.82 Å². The van der Waals surface area contributed by atoms with Crippen LogP contribution in [0.1, 0.15) is 18.5 Å². The summed E-state index contributed by atoms with van der Waals surface area (Å²) in [4.78, 5) is 0. The van der Waals surface area contributed by atoms with Gasteiger partial charge >= 0.3 is 0 Å². The Bertz CT molecular complexity index is 258. The fourth-order valence-corrected chi connectivity index (χ4v) is 1.15. The minimum atomic E-state index is -0.215. The molecule has 0 amide bonds. The minimum absolute atomic E-state index is 0.142. The molecule has 0 heterocycles. The van der Waals surface area contributed by atoms with Crippen molar-refractivity contribution in [3.63, 3.8) is 0 Å². The average Bonchev–Trinajstić information content (AvgIpc) is 2.06. The molecule has 1 nitrogen and oxygen atoms in total. The van der Waals surface area contributed by atoms with Gasteiger partial charge in [-0.15, -0.1) is 0 Å². The Labute approximate surface area is 76.6 Å². The number of thiocarbonyl (C=S) groups is 1. The third-order valence-corrected chi connectivity index (χ3v) is 1.82. The van der Waals surface area contributed by atoms with Gasteiger partial charge in [0, 0.05) is 6.04 Å². The van der Waals surface area contributed by atoms with Gasteiger partial charge in [0.25, 0.3) is 0 Å². The monoisotopic (exact) mass is 183 g/mol. The maximum absolute atomic E-state index is 12.5. The van der Waals surface area contributed by atoms with Gasteiger partial charge in [0.1, 0.15) is 5.82 Å². The zero-order valence-corrected chi connectivity index (χ0v) is 7.57. The lowest BCUT2D eigenvalue weighted by atomic mass is 10.1. The molecular weight excluding hydrogens is 173 g/mol. The minimum Gasteiger partial charge on any atom is -0.376 e. The Morgan fingerprint density at radius 2 is 2.00 bits per heavy atom. The van der Waals surface area contributed by atoms with Crippen molar-refractivity contribution in [3.8, 4) is 0 Å². The van der Waals surface area contributed by atoms with Crippen molar-refractivity contribution in [2.24, 2.45) is 0 Å². The van der Waals surface area contributed by atoms with Crippen molar-refractivity contribution in [3.05, 3.63) is 35.6 Å². The molecule has 1 unspecified atom stereocenters. The van der Waals surface area contributed by atoms with Gasteiger partial charge in [0.15, 0.2) is 0 Å². The maximum atomic E-state index is 12.5. The van der Waals surface area contributed by atoms with Crippen LogP contribution in [0.4, 0.5) is 4.39 Å². The fourth-order valence-electron chi connectivity index (χ4n) is 0.950. The molecule has 3 heteroatoms. The number of benzene rings is 1. The van der Waals surface area contributed by atoms with Crippen molar-refractivity contribution >= 4 is 17.7 Å². The summed E-state index contributed by atoms with van der Waals surface area (Å²) in [6.07, 6.45) is 0. The van der Waals surface area contributed by atoms with Crippen LogP contribution in [-0.2, 0) is 0 Å². The molecule has 1 atom stereocenters. The van der Waals surface area contributed by atoms with Gasteiger partial charge in [-0.2, -0.15) is 0 Å². The molecule has 12 heavy (non-hydrogen) atoms. The number of hydrogen-bond donors (Lipinski definition) is 1. The van der Waals surface area contributed by atoms with E-state index in [4.69, 9.17) is 0 Å². The molecule has 0 aliphatic heterocycles. The summed E-state index contributed by atoms with van der Waals surface area (Å²) >= 11 is 4.64. The Morgan fingerprint density at radius 1 is 1.42 bits per heavy atom. The van der Waals surface area contributed by atoms with E-state index in [9.17, 15) is 4.39 Å². The van der Waals surface area contributed by atoms with Crippen LogP contribution in [0.2, 0.25) is 0 Å². The normalized spacial score (nSPS) is 12.2. The van der Waals surface area contributed by atoms with Crippen LogP contribution in [-0.4, -0.2) is 5.49 Å². The molecule has 1 aromatic rings. The molecule has 0 radical (unpaired) electrons. The van der Waals surface area contributed by atoms with E-state index in [1.165, 1.54) is 17.6 Å². The summed E-state index contributed by atoms with van der Waals surface area (Å²) in [5.41, 5.74) is 2.49. The summed E-state index contributed by atoms with van der Waals surface area (Å²) in [6.45, 7) is 1.97. The molecule has 0 aliphatic rings. The third-order valence-electron chi connectivity index (χ3n) is 1.69. The lowest BCUT2D eigenvalue weighted by Crippen LogP contribution is -2.14.